The van der Waals surface area contributed by atoms with Crippen molar-refractivity contribution < 1.29 is 9.53 Å². The molecule has 0 aliphatic heterocycles. The molecule has 0 radical (unpaired) electrons. The molecule has 1 rings (SSSR count). The van der Waals surface area contributed by atoms with Gasteiger partial charge in [-0.3, -0.25) is 4.79 Å². The summed E-state index contributed by atoms with van der Waals surface area (Å²) in [7, 11) is 0. The standard InChI is InChI=1S/C15H22Cl2N2O2/c1-9(2)15(4,8-18)19-14(20)10(3)21-12-7-5-6-11(16)13(12)17/h5-7,9-10H,8,18H2,1-4H3,(H,19,20). The van der Waals surface area contributed by atoms with Crippen LogP contribution in [0.5, 0.6) is 5.75 Å². The first-order valence-electron chi connectivity index (χ1n) is 6.84. The Hall–Kier alpha value is -0.970. The van der Waals surface area contributed by atoms with Crippen molar-refractivity contribution >= 4 is 29.1 Å². The van der Waals surface area contributed by atoms with Crippen molar-refractivity contribution in [3.05, 3.63) is 28.2 Å². The first-order chi connectivity index (χ1) is 9.71. The van der Waals surface area contributed by atoms with Crippen LogP contribution in [0.4, 0.5) is 0 Å². The van der Waals surface area contributed by atoms with Gasteiger partial charge in [0.15, 0.2) is 6.10 Å². The van der Waals surface area contributed by atoms with E-state index in [1.165, 1.54) is 0 Å². The number of carbonyl (C=O) groups excluding carboxylic acids is 1. The summed E-state index contributed by atoms with van der Waals surface area (Å²) in [6, 6.07) is 5.04. The lowest BCUT2D eigenvalue weighted by Crippen LogP contribution is -2.57. The number of nitrogens with one attached hydrogen (secondary N) is 1. The summed E-state index contributed by atoms with van der Waals surface area (Å²) in [5.41, 5.74) is 5.28. The van der Waals surface area contributed by atoms with E-state index in [0.717, 1.165) is 0 Å². The third-order valence-electron chi connectivity index (χ3n) is 3.70. The van der Waals surface area contributed by atoms with Crippen molar-refractivity contribution in [2.75, 3.05) is 6.54 Å². The summed E-state index contributed by atoms with van der Waals surface area (Å²) in [4.78, 5) is 12.3. The zero-order valence-corrected chi connectivity index (χ0v) is 14.3. The van der Waals surface area contributed by atoms with E-state index in [-0.39, 0.29) is 11.8 Å². The molecule has 0 saturated heterocycles. The largest absolute Gasteiger partial charge is 0.479 e. The molecule has 3 N–H and O–H groups in total. The summed E-state index contributed by atoms with van der Waals surface area (Å²) < 4.78 is 5.59. The fraction of sp³-hybridized carbons (Fsp3) is 0.533. The average molecular weight is 333 g/mol. The molecule has 0 fully saturated rings. The Morgan fingerprint density at radius 2 is 2.00 bits per heavy atom. The maximum Gasteiger partial charge on any atom is 0.261 e. The van der Waals surface area contributed by atoms with Crippen LogP contribution in [-0.4, -0.2) is 24.1 Å². The number of hydrogen-bond donors (Lipinski definition) is 2. The second-order valence-corrected chi connectivity index (χ2v) is 6.36. The maximum atomic E-state index is 12.3. The molecular weight excluding hydrogens is 311 g/mol. The zero-order chi connectivity index (χ0) is 16.2. The van der Waals surface area contributed by atoms with Crippen LogP contribution in [0.1, 0.15) is 27.7 Å². The van der Waals surface area contributed by atoms with E-state index in [4.69, 9.17) is 33.7 Å². The van der Waals surface area contributed by atoms with Crippen molar-refractivity contribution in [2.24, 2.45) is 11.7 Å². The van der Waals surface area contributed by atoms with Crippen LogP contribution >= 0.6 is 23.2 Å². The van der Waals surface area contributed by atoms with Crippen LogP contribution in [0, 0.1) is 5.92 Å². The number of carbonyl (C=O) groups is 1. The van der Waals surface area contributed by atoms with Gasteiger partial charge in [-0.15, -0.1) is 0 Å². The molecule has 0 aromatic heterocycles. The van der Waals surface area contributed by atoms with E-state index in [1.54, 1.807) is 25.1 Å². The quantitative estimate of drug-likeness (QED) is 0.840. The van der Waals surface area contributed by atoms with Crippen LogP contribution < -0.4 is 15.8 Å². The van der Waals surface area contributed by atoms with E-state index >= 15 is 0 Å². The molecule has 0 aliphatic rings. The van der Waals surface area contributed by atoms with Crippen molar-refractivity contribution in [1.29, 1.82) is 0 Å². The van der Waals surface area contributed by atoms with Gasteiger partial charge in [-0.25, -0.2) is 0 Å². The van der Waals surface area contributed by atoms with E-state index in [0.29, 0.717) is 22.3 Å². The second kappa shape index (κ2) is 7.34. The Labute approximate surface area is 135 Å². The molecule has 0 spiro atoms. The Morgan fingerprint density at radius 3 is 2.52 bits per heavy atom. The molecule has 6 heteroatoms. The molecular formula is C15H22Cl2N2O2. The van der Waals surface area contributed by atoms with Gasteiger partial charge in [0.2, 0.25) is 0 Å². The Balaban J connectivity index is 2.78. The average Bonchev–Trinajstić information content (AvgIpc) is 2.43. The molecule has 0 saturated carbocycles. The summed E-state index contributed by atoms with van der Waals surface area (Å²) in [6.45, 7) is 7.93. The lowest BCUT2D eigenvalue weighted by atomic mass is 9.88. The highest BCUT2D eigenvalue weighted by Crippen LogP contribution is 2.32. The highest BCUT2D eigenvalue weighted by atomic mass is 35.5. The lowest BCUT2D eigenvalue weighted by molar-refractivity contribution is -0.129. The van der Waals surface area contributed by atoms with Gasteiger partial charge in [-0.05, 0) is 31.9 Å². The molecule has 4 nitrogen and oxygen atoms in total. The van der Waals surface area contributed by atoms with Gasteiger partial charge in [-0.2, -0.15) is 0 Å². The minimum Gasteiger partial charge on any atom is -0.479 e. The first kappa shape index (κ1) is 18.1. The molecule has 2 unspecified atom stereocenters. The smallest absolute Gasteiger partial charge is 0.261 e. The van der Waals surface area contributed by atoms with Crippen LogP contribution in [0.25, 0.3) is 0 Å². The van der Waals surface area contributed by atoms with E-state index < -0.39 is 11.6 Å². The molecule has 0 heterocycles. The highest BCUT2D eigenvalue weighted by Gasteiger charge is 2.31. The number of ether oxygens (including phenoxy) is 1. The Morgan fingerprint density at radius 1 is 1.38 bits per heavy atom. The van der Waals surface area contributed by atoms with Crippen molar-refractivity contribution in [3.63, 3.8) is 0 Å². The molecule has 21 heavy (non-hydrogen) atoms. The zero-order valence-electron chi connectivity index (χ0n) is 12.7. The normalized spacial score (nSPS) is 15.4. The van der Waals surface area contributed by atoms with E-state index in [1.807, 2.05) is 20.8 Å². The summed E-state index contributed by atoms with van der Waals surface area (Å²) in [5, 5.41) is 3.61. The Bertz CT molecular complexity index is 508. The molecule has 1 amide bonds. The van der Waals surface area contributed by atoms with Crippen molar-refractivity contribution in [2.45, 2.75) is 39.3 Å². The fourth-order valence-electron chi connectivity index (χ4n) is 1.63. The number of amides is 1. The number of benzene rings is 1. The van der Waals surface area contributed by atoms with Gasteiger partial charge in [-0.1, -0.05) is 43.1 Å². The number of halogens is 2. The third kappa shape index (κ3) is 4.50. The van der Waals surface area contributed by atoms with Gasteiger partial charge < -0.3 is 15.8 Å². The van der Waals surface area contributed by atoms with Gasteiger partial charge >= 0.3 is 0 Å². The van der Waals surface area contributed by atoms with Crippen LogP contribution in [0.15, 0.2) is 18.2 Å². The minimum absolute atomic E-state index is 0.202. The number of rotatable bonds is 6. The summed E-state index contributed by atoms with van der Waals surface area (Å²) in [6.07, 6.45) is -0.703. The van der Waals surface area contributed by atoms with E-state index in [2.05, 4.69) is 5.32 Å². The van der Waals surface area contributed by atoms with Gasteiger partial charge in [0.05, 0.1) is 10.6 Å². The minimum atomic E-state index is -0.703. The van der Waals surface area contributed by atoms with Crippen molar-refractivity contribution in [3.8, 4) is 5.75 Å². The molecule has 1 aromatic rings. The fourth-order valence-corrected chi connectivity index (χ4v) is 1.97. The monoisotopic (exact) mass is 332 g/mol. The molecule has 1 aromatic carbocycles. The van der Waals surface area contributed by atoms with Gasteiger partial charge in [0, 0.05) is 6.54 Å². The lowest BCUT2D eigenvalue weighted by Gasteiger charge is -2.34. The summed E-state index contributed by atoms with van der Waals surface area (Å²) >= 11 is 12.0. The number of nitrogens with two attached hydrogens (primary N) is 1. The summed E-state index contributed by atoms with van der Waals surface area (Å²) in [5.74, 6) is 0.340. The maximum absolute atomic E-state index is 12.3. The first-order valence-corrected chi connectivity index (χ1v) is 7.59. The highest BCUT2D eigenvalue weighted by molar-refractivity contribution is 6.42. The predicted octanol–water partition coefficient (Wildman–Crippen LogP) is 3.25. The van der Waals surface area contributed by atoms with Crippen LogP contribution in [0.2, 0.25) is 10.0 Å². The molecule has 118 valence electrons. The van der Waals surface area contributed by atoms with Gasteiger partial charge in [0.25, 0.3) is 5.91 Å². The molecule has 2 atom stereocenters. The van der Waals surface area contributed by atoms with E-state index in [9.17, 15) is 4.79 Å². The molecule has 0 aliphatic carbocycles. The third-order valence-corrected chi connectivity index (χ3v) is 4.50. The second-order valence-electron chi connectivity index (χ2n) is 5.58. The van der Waals surface area contributed by atoms with Crippen LogP contribution in [0.3, 0.4) is 0 Å². The topological polar surface area (TPSA) is 64.3 Å². The predicted molar refractivity (Wildman–Crippen MR) is 87.0 cm³/mol. The van der Waals surface area contributed by atoms with Gasteiger partial charge in [0.1, 0.15) is 10.8 Å². The molecule has 0 bridgehead atoms. The number of hydrogen-bond acceptors (Lipinski definition) is 3. The van der Waals surface area contributed by atoms with Crippen molar-refractivity contribution in [1.82, 2.24) is 5.32 Å². The van der Waals surface area contributed by atoms with Crippen LogP contribution in [-0.2, 0) is 4.79 Å². The SMILES string of the molecule is CC(Oc1cccc(Cl)c1Cl)C(=O)NC(C)(CN)C(C)C. The Kier molecular flexibility index (Phi) is 6.32.